The van der Waals surface area contributed by atoms with Crippen molar-refractivity contribution in [1.29, 1.82) is 0 Å². The number of aromatic amines is 1. The Hall–Kier alpha value is -0.630. The molecule has 1 aromatic heterocycles. The number of hydrogen-bond donors (Lipinski definition) is 1. The summed E-state index contributed by atoms with van der Waals surface area (Å²) in [5.41, 5.74) is -0.0637. The molecule has 1 N–H and O–H groups in total. The van der Waals surface area contributed by atoms with Crippen molar-refractivity contribution >= 4 is 28.4 Å². The van der Waals surface area contributed by atoms with Crippen LogP contribution in [-0.2, 0) is 0 Å². The molecule has 2 heterocycles. The van der Waals surface area contributed by atoms with Crippen LogP contribution in [0.2, 0.25) is 0 Å². The second kappa shape index (κ2) is 6.01. The normalized spacial score (nSPS) is 20.3. The Bertz CT molecular complexity index is 462. The lowest BCUT2D eigenvalue weighted by Gasteiger charge is -2.28. The largest absolute Gasteiger partial charge is 0.357 e. The zero-order valence-corrected chi connectivity index (χ0v) is 13.0. The number of H-pyrrole nitrogens is 1. The molecular formula is C12H19IN4O. The third-order valence-corrected chi connectivity index (χ3v) is 4.50. The van der Waals surface area contributed by atoms with E-state index in [9.17, 15) is 4.79 Å². The van der Waals surface area contributed by atoms with Crippen LogP contribution in [0.1, 0.15) is 19.8 Å². The molecule has 5 nitrogen and oxygen atoms in total. The Morgan fingerprint density at radius 1 is 1.67 bits per heavy atom. The Balaban J connectivity index is 2.10. The molecule has 0 aromatic carbocycles. The van der Waals surface area contributed by atoms with Gasteiger partial charge in [0, 0.05) is 19.6 Å². The third kappa shape index (κ3) is 2.85. The number of halogens is 1. The maximum atomic E-state index is 11.6. The SMILES string of the molecule is CCN1CCCC1CN(C)c1nc[nH]c(=O)c1I. The van der Waals surface area contributed by atoms with Crippen LogP contribution in [0.5, 0.6) is 0 Å². The molecule has 1 aliphatic heterocycles. The van der Waals surface area contributed by atoms with Crippen LogP contribution >= 0.6 is 22.6 Å². The Kier molecular flexibility index (Phi) is 4.60. The summed E-state index contributed by atoms with van der Waals surface area (Å²) in [6.45, 7) is 5.42. The summed E-state index contributed by atoms with van der Waals surface area (Å²) in [6.07, 6.45) is 3.98. The maximum Gasteiger partial charge on any atom is 0.266 e. The second-order valence-corrected chi connectivity index (χ2v) is 5.75. The van der Waals surface area contributed by atoms with Gasteiger partial charge in [0.05, 0.1) is 6.33 Å². The van der Waals surface area contributed by atoms with E-state index in [2.05, 4.69) is 49.3 Å². The molecule has 0 amide bonds. The molecule has 0 bridgehead atoms. The quantitative estimate of drug-likeness (QED) is 0.821. The van der Waals surface area contributed by atoms with E-state index in [-0.39, 0.29) is 5.56 Å². The van der Waals surface area contributed by atoms with Gasteiger partial charge in [0.2, 0.25) is 0 Å². The van der Waals surface area contributed by atoms with Crippen molar-refractivity contribution in [3.05, 3.63) is 20.3 Å². The molecule has 1 atom stereocenters. The Labute approximate surface area is 121 Å². The average molecular weight is 362 g/mol. The molecule has 1 aliphatic rings. The van der Waals surface area contributed by atoms with Crippen molar-refractivity contribution in [2.24, 2.45) is 0 Å². The fourth-order valence-corrected chi connectivity index (χ4v) is 3.27. The molecule has 100 valence electrons. The summed E-state index contributed by atoms with van der Waals surface area (Å²) in [6, 6.07) is 0.580. The molecule has 0 spiro atoms. The van der Waals surface area contributed by atoms with Gasteiger partial charge in [-0.1, -0.05) is 6.92 Å². The van der Waals surface area contributed by atoms with Crippen molar-refractivity contribution < 1.29 is 0 Å². The van der Waals surface area contributed by atoms with Gasteiger partial charge in [0.15, 0.2) is 0 Å². The van der Waals surface area contributed by atoms with Crippen LogP contribution in [0, 0.1) is 3.57 Å². The van der Waals surface area contributed by atoms with Crippen molar-refractivity contribution in [3.63, 3.8) is 0 Å². The number of rotatable bonds is 4. The highest BCUT2D eigenvalue weighted by atomic mass is 127. The van der Waals surface area contributed by atoms with E-state index >= 15 is 0 Å². The van der Waals surface area contributed by atoms with Crippen LogP contribution in [0.25, 0.3) is 0 Å². The fraction of sp³-hybridized carbons (Fsp3) is 0.667. The van der Waals surface area contributed by atoms with Crippen molar-refractivity contribution in [2.75, 3.05) is 31.6 Å². The monoisotopic (exact) mass is 362 g/mol. The van der Waals surface area contributed by atoms with E-state index in [1.165, 1.54) is 25.7 Å². The van der Waals surface area contributed by atoms with Gasteiger partial charge in [0.1, 0.15) is 9.39 Å². The molecular weight excluding hydrogens is 343 g/mol. The number of anilines is 1. The molecule has 2 rings (SSSR count). The minimum atomic E-state index is -0.0637. The van der Waals surface area contributed by atoms with Crippen molar-refractivity contribution in [2.45, 2.75) is 25.8 Å². The number of nitrogens with zero attached hydrogens (tertiary/aromatic N) is 3. The summed E-state index contributed by atoms with van der Waals surface area (Å²) in [4.78, 5) is 23.0. The maximum absolute atomic E-state index is 11.6. The van der Waals surface area contributed by atoms with E-state index in [4.69, 9.17) is 0 Å². The fourth-order valence-electron chi connectivity index (χ4n) is 2.56. The molecule has 6 heteroatoms. The van der Waals surface area contributed by atoms with Crippen molar-refractivity contribution in [3.8, 4) is 0 Å². The Morgan fingerprint density at radius 3 is 3.17 bits per heavy atom. The summed E-state index contributed by atoms with van der Waals surface area (Å²) in [5, 5.41) is 0. The average Bonchev–Trinajstić information content (AvgIpc) is 2.79. The molecule has 0 saturated carbocycles. The van der Waals surface area contributed by atoms with Gasteiger partial charge >= 0.3 is 0 Å². The number of aromatic nitrogens is 2. The van der Waals surface area contributed by atoms with Gasteiger partial charge in [-0.25, -0.2) is 4.98 Å². The van der Waals surface area contributed by atoms with Gasteiger partial charge in [-0.05, 0) is 48.5 Å². The number of hydrogen-bond acceptors (Lipinski definition) is 4. The molecule has 1 unspecified atom stereocenters. The van der Waals surface area contributed by atoms with Gasteiger partial charge < -0.3 is 9.88 Å². The highest BCUT2D eigenvalue weighted by molar-refractivity contribution is 14.1. The van der Waals surface area contributed by atoms with Crippen LogP contribution in [0.15, 0.2) is 11.1 Å². The smallest absolute Gasteiger partial charge is 0.266 e. The highest BCUT2D eigenvalue weighted by Gasteiger charge is 2.25. The van der Waals surface area contributed by atoms with Crippen molar-refractivity contribution in [1.82, 2.24) is 14.9 Å². The van der Waals surface area contributed by atoms with Crippen LogP contribution in [-0.4, -0.2) is 47.6 Å². The standard InChI is InChI=1S/C12H19IN4O/c1-3-17-6-4-5-9(17)7-16(2)11-10(13)12(18)15-8-14-11/h8-9H,3-7H2,1-2H3,(H,14,15,18). The molecule has 1 fully saturated rings. The second-order valence-electron chi connectivity index (χ2n) is 4.67. The summed E-state index contributed by atoms with van der Waals surface area (Å²) in [5.74, 6) is 0.780. The first-order chi connectivity index (χ1) is 8.63. The van der Waals surface area contributed by atoms with Crippen LogP contribution in [0.3, 0.4) is 0 Å². The van der Waals surface area contributed by atoms with E-state index in [0.717, 1.165) is 18.9 Å². The molecule has 1 aromatic rings. The number of likely N-dealkylation sites (N-methyl/N-ethyl adjacent to an activating group) is 2. The summed E-state index contributed by atoms with van der Waals surface area (Å²) in [7, 11) is 2.01. The van der Waals surface area contributed by atoms with Gasteiger partial charge in [0.25, 0.3) is 5.56 Å². The summed E-state index contributed by atoms with van der Waals surface area (Å²) >= 11 is 2.06. The predicted molar refractivity (Wildman–Crippen MR) is 81.1 cm³/mol. The summed E-state index contributed by atoms with van der Waals surface area (Å²) < 4.78 is 0.665. The van der Waals surface area contributed by atoms with E-state index in [1.54, 1.807) is 0 Å². The number of likely N-dealkylation sites (tertiary alicyclic amines) is 1. The molecule has 18 heavy (non-hydrogen) atoms. The molecule has 0 aliphatic carbocycles. The predicted octanol–water partition coefficient (Wildman–Crippen LogP) is 1.29. The highest BCUT2D eigenvalue weighted by Crippen LogP contribution is 2.20. The van der Waals surface area contributed by atoms with E-state index < -0.39 is 0 Å². The Morgan fingerprint density at radius 2 is 2.44 bits per heavy atom. The first-order valence-electron chi connectivity index (χ1n) is 6.31. The van der Waals surface area contributed by atoms with E-state index in [1.807, 2.05) is 7.05 Å². The van der Waals surface area contributed by atoms with Gasteiger partial charge in [-0.2, -0.15) is 0 Å². The van der Waals surface area contributed by atoms with Gasteiger partial charge in [-0.15, -0.1) is 0 Å². The first kappa shape index (κ1) is 13.8. The van der Waals surface area contributed by atoms with Crippen LogP contribution < -0.4 is 10.5 Å². The lowest BCUT2D eigenvalue weighted by Crippen LogP contribution is -2.39. The number of nitrogens with one attached hydrogen (secondary N) is 1. The minimum absolute atomic E-state index is 0.0637. The van der Waals surface area contributed by atoms with E-state index in [0.29, 0.717) is 9.61 Å². The van der Waals surface area contributed by atoms with Crippen LogP contribution in [0.4, 0.5) is 5.82 Å². The lowest BCUT2D eigenvalue weighted by atomic mass is 10.2. The zero-order valence-electron chi connectivity index (χ0n) is 10.8. The molecule has 0 radical (unpaired) electrons. The zero-order chi connectivity index (χ0) is 13.1. The lowest BCUT2D eigenvalue weighted by molar-refractivity contribution is 0.270. The topological polar surface area (TPSA) is 52.2 Å². The third-order valence-electron chi connectivity index (χ3n) is 3.53. The molecule has 1 saturated heterocycles. The first-order valence-corrected chi connectivity index (χ1v) is 7.39. The van der Waals surface area contributed by atoms with Gasteiger partial charge in [-0.3, -0.25) is 9.69 Å². The minimum Gasteiger partial charge on any atom is -0.357 e.